The Kier molecular flexibility index (Phi) is 4.00. The van der Waals surface area contributed by atoms with Crippen LogP contribution in [0.2, 0.25) is 5.02 Å². The Balaban J connectivity index is 2.08. The summed E-state index contributed by atoms with van der Waals surface area (Å²) in [6.45, 7) is 0.390. The first kappa shape index (κ1) is 14.5. The van der Waals surface area contributed by atoms with Crippen molar-refractivity contribution >= 4 is 33.3 Å². The molecule has 0 unspecified atom stereocenters. The van der Waals surface area contributed by atoms with Gasteiger partial charge in [0.25, 0.3) is 5.56 Å². The first-order valence-corrected chi connectivity index (χ1v) is 7.93. The summed E-state index contributed by atoms with van der Waals surface area (Å²) >= 11 is 9.60. The van der Waals surface area contributed by atoms with Gasteiger partial charge in [0.2, 0.25) is 0 Å². The topological polar surface area (TPSA) is 39.1 Å². The Hall–Kier alpha value is -1.39. The third-order valence-corrected chi connectivity index (χ3v) is 4.60. The molecule has 1 aromatic carbocycles. The van der Waals surface area contributed by atoms with Gasteiger partial charge < -0.3 is 4.57 Å². The maximum atomic E-state index is 12.2. The normalized spacial score (nSPS) is 14.1. The number of fused-ring (bicyclic) bond motifs is 1. The van der Waals surface area contributed by atoms with E-state index in [1.165, 1.54) is 6.07 Å². The summed E-state index contributed by atoms with van der Waals surface area (Å²) < 4.78 is 2.57. The van der Waals surface area contributed by atoms with Crippen LogP contribution >= 0.6 is 27.5 Å². The number of halogens is 2. The summed E-state index contributed by atoms with van der Waals surface area (Å²) in [6, 6.07) is 8.71. The summed E-state index contributed by atoms with van der Waals surface area (Å²) in [5, 5.41) is 0.607. The van der Waals surface area contributed by atoms with Crippen molar-refractivity contribution < 1.29 is 4.79 Å². The first-order chi connectivity index (χ1) is 10.1. The molecule has 21 heavy (non-hydrogen) atoms. The molecule has 0 N–H and O–H groups in total. The average Bonchev–Trinajstić information content (AvgIpc) is 2.44. The van der Waals surface area contributed by atoms with E-state index in [1.807, 2.05) is 18.2 Å². The van der Waals surface area contributed by atoms with Gasteiger partial charge in [-0.3, -0.25) is 9.59 Å². The van der Waals surface area contributed by atoms with Crippen LogP contribution < -0.4 is 5.56 Å². The molecule has 0 saturated heterocycles. The second-order valence-electron chi connectivity index (χ2n) is 5.13. The number of Topliss-reactive ketones (excluding diaryl/α,β-unsaturated/α-hetero) is 1. The fourth-order valence-corrected chi connectivity index (χ4v) is 3.42. The number of carbonyl (C=O) groups is 1. The number of benzene rings is 1. The zero-order valence-electron chi connectivity index (χ0n) is 11.2. The maximum Gasteiger partial charge on any atom is 0.251 e. The Labute approximate surface area is 135 Å². The molecule has 1 aromatic heterocycles. The highest BCUT2D eigenvalue weighted by molar-refractivity contribution is 9.10. The zero-order valence-corrected chi connectivity index (χ0v) is 13.6. The van der Waals surface area contributed by atoms with Crippen molar-refractivity contribution in [1.82, 2.24) is 4.57 Å². The van der Waals surface area contributed by atoms with Gasteiger partial charge in [-0.25, -0.2) is 0 Å². The van der Waals surface area contributed by atoms with Crippen molar-refractivity contribution in [3.05, 3.63) is 67.0 Å². The molecule has 0 amide bonds. The monoisotopic (exact) mass is 365 g/mol. The lowest BCUT2D eigenvalue weighted by molar-refractivity contribution is 0.0970. The Morgan fingerprint density at radius 2 is 1.95 bits per heavy atom. The van der Waals surface area contributed by atoms with Crippen molar-refractivity contribution in [3.8, 4) is 0 Å². The SMILES string of the molecule is O=C1CCCc2c1ccc(=O)n2Cc1ccc(Br)cc1Cl. The van der Waals surface area contributed by atoms with E-state index < -0.39 is 0 Å². The van der Waals surface area contributed by atoms with Crippen LogP contribution in [0.1, 0.15) is 34.5 Å². The first-order valence-electron chi connectivity index (χ1n) is 6.76. The molecule has 108 valence electrons. The average molecular weight is 367 g/mol. The quantitative estimate of drug-likeness (QED) is 0.810. The number of ketones is 1. The molecule has 5 heteroatoms. The summed E-state index contributed by atoms with van der Waals surface area (Å²) in [6.07, 6.45) is 2.11. The van der Waals surface area contributed by atoms with Crippen molar-refractivity contribution in [1.29, 1.82) is 0 Å². The molecular weight excluding hydrogens is 354 g/mol. The van der Waals surface area contributed by atoms with Crippen LogP contribution in [0.4, 0.5) is 0 Å². The third-order valence-electron chi connectivity index (χ3n) is 3.76. The summed E-state index contributed by atoms with van der Waals surface area (Å²) in [4.78, 5) is 24.1. The minimum Gasteiger partial charge on any atom is -0.307 e. The smallest absolute Gasteiger partial charge is 0.251 e. The molecular formula is C16H13BrClNO2. The van der Waals surface area contributed by atoms with E-state index in [1.54, 1.807) is 10.6 Å². The fourth-order valence-electron chi connectivity index (χ4n) is 2.69. The van der Waals surface area contributed by atoms with Gasteiger partial charge in [-0.1, -0.05) is 33.6 Å². The number of rotatable bonds is 2. The molecule has 3 nitrogen and oxygen atoms in total. The van der Waals surface area contributed by atoms with Crippen LogP contribution in [-0.2, 0) is 13.0 Å². The van der Waals surface area contributed by atoms with E-state index in [2.05, 4.69) is 15.9 Å². The third kappa shape index (κ3) is 2.83. The van der Waals surface area contributed by atoms with Gasteiger partial charge >= 0.3 is 0 Å². The molecule has 0 radical (unpaired) electrons. The van der Waals surface area contributed by atoms with Gasteiger partial charge in [0.15, 0.2) is 5.78 Å². The lowest BCUT2D eigenvalue weighted by atomic mass is 9.94. The van der Waals surface area contributed by atoms with Crippen LogP contribution in [0, 0.1) is 0 Å². The number of carbonyl (C=O) groups excluding carboxylic acids is 1. The molecule has 0 aliphatic heterocycles. The second-order valence-corrected chi connectivity index (χ2v) is 6.45. The highest BCUT2D eigenvalue weighted by Gasteiger charge is 2.21. The van der Waals surface area contributed by atoms with Crippen LogP contribution in [0.5, 0.6) is 0 Å². The highest BCUT2D eigenvalue weighted by atomic mass is 79.9. The molecule has 1 aliphatic carbocycles. The number of nitrogens with zero attached hydrogens (tertiary/aromatic N) is 1. The molecule has 0 saturated carbocycles. The molecule has 2 aromatic rings. The highest BCUT2D eigenvalue weighted by Crippen LogP contribution is 2.24. The number of hydrogen-bond donors (Lipinski definition) is 0. The summed E-state index contributed by atoms with van der Waals surface area (Å²) in [7, 11) is 0. The Morgan fingerprint density at radius 1 is 1.14 bits per heavy atom. The Bertz CT molecular complexity index is 782. The molecule has 0 spiro atoms. The van der Waals surface area contributed by atoms with Gasteiger partial charge in [-0.15, -0.1) is 0 Å². The Morgan fingerprint density at radius 3 is 2.71 bits per heavy atom. The lowest BCUT2D eigenvalue weighted by Gasteiger charge is -2.20. The van der Waals surface area contributed by atoms with Gasteiger partial charge in [0.1, 0.15) is 0 Å². The van der Waals surface area contributed by atoms with Crippen LogP contribution in [0.15, 0.2) is 39.6 Å². The molecule has 3 rings (SSSR count). The largest absolute Gasteiger partial charge is 0.307 e. The number of hydrogen-bond acceptors (Lipinski definition) is 2. The minimum absolute atomic E-state index is 0.0950. The molecule has 0 bridgehead atoms. The zero-order chi connectivity index (χ0) is 15.0. The number of aromatic nitrogens is 1. The van der Waals surface area contributed by atoms with E-state index >= 15 is 0 Å². The second kappa shape index (κ2) is 5.78. The van der Waals surface area contributed by atoms with E-state index in [0.29, 0.717) is 23.6 Å². The lowest BCUT2D eigenvalue weighted by Crippen LogP contribution is -2.28. The van der Waals surface area contributed by atoms with Crippen molar-refractivity contribution in [2.75, 3.05) is 0 Å². The molecule has 0 fully saturated rings. The fraction of sp³-hybridized carbons (Fsp3) is 0.250. The molecule has 1 aliphatic rings. The van der Waals surface area contributed by atoms with Crippen LogP contribution in [-0.4, -0.2) is 10.4 Å². The minimum atomic E-state index is -0.0950. The van der Waals surface area contributed by atoms with Gasteiger partial charge in [0.05, 0.1) is 6.54 Å². The van der Waals surface area contributed by atoms with Crippen LogP contribution in [0.25, 0.3) is 0 Å². The van der Waals surface area contributed by atoms with E-state index in [-0.39, 0.29) is 11.3 Å². The predicted molar refractivity (Wildman–Crippen MR) is 86.2 cm³/mol. The van der Waals surface area contributed by atoms with E-state index in [0.717, 1.165) is 28.6 Å². The maximum absolute atomic E-state index is 12.2. The van der Waals surface area contributed by atoms with Crippen molar-refractivity contribution in [2.24, 2.45) is 0 Å². The van der Waals surface area contributed by atoms with Gasteiger partial charge in [0, 0.05) is 33.2 Å². The van der Waals surface area contributed by atoms with Crippen LogP contribution in [0.3, 0.4) is 0 Å². The molecule has 0 atom stereocenters. The van der Waals surface area contributed by atoms with Gasteiger partial charge in [-0.05, 0) is 36.6 Å². The van der Waals surface area contributed by atoms with Gasteiger partial charge in [-0.2, -0.15) is 0 Å². The van der Waals surface area contributed by atoms with E-state index in [4.69, 9.17) is 11.6 Å². The molecule has 1 heterocycles. The predicted octanol–water partition coefficient (Wildman–Crippen LogP) is 3.83. The van der Waals surface area contributed by atoms with E-state index in [9.17, 15) is 9.59 Å². The number of pyridine rings is 1. The summed E-state index contributed by atoms with van der Waals surface area (Å²) in [5.41, 5.74) is 2.28. The van der Waals surface area contributed by atoms with Crippen molar-refractivity contribution in [2.45, 2.75) is 25.8 Å². The van der Waals surface area contributed by atoms with Crippen molar-refractivity contribution in [3.63, 3.8) is 0 Å². The summed E-state index contributed by atoms with van der Waals surface area (Å²) in [5.74, 6) is 0.118. The standard InChI is InChI=1S/C16H13BrClNO2/c17-11-5-4-10(13(18)8-11)9-19-14-2-1-3-15(20)12(14)6-7-16(19)21/h4-8H,1-3,9H2.